The van der Waals surface area contributed by atoms with Crippen LogP contribution in [-0.4, -0.2) is 49.8 Å². The Bertz CT molecular complexity index is 193. The summed E-state index contributed by atoms with van der Waals surface area (Å²) in [6.45, 7) is 13.2. The number of rotatable bonds is 7. The zero-order valence-electron chi connectivity index (χ0n) is 11.9. The second-order valence-electron chi connectivity index (χ2n) is 5.09. The van der Waals surface area contributed by atoms with Gasteiger partial charge in [-0.3, -0.25) is 0 Å². The Kier molecular flexibility index (Phi) is 7.09. The molecule has 0 aliphatic carbocycles. The smallest absolute Gasteiger partial charge is 0.0478 e. The minimum absolute atomic E-state index is 0.349. The van der Waals surface area contributed by atoms with Gasteiger partial charge in [-0.05, 0) is 45.7 Å². The first-order chi connectivity index (χ1) is 8.26. The SMILES string of the molecule is CCOCCCN1CCCNC(CC)(CC)C1. The highest BCUT2D eigenvalue weighted by molar-refractivity contribution is 4.90. The highest BCUT2D eigenvalue weighted by Crippen LogP contribution is 2.19. The van der Waals surface area contributed by atoms with Crippen molar-refractivity contribution in [2.24, 2.45) is 0 Å². The molecule has 0 aromatic carbocycles. The molecular formula is C14H30N2O. The molecule has 1 aliphatic rings. The van der Waals surface area contributed by atoms with Crippen LogP contribution in [0.25, 0.3) is 0 Å². The third-order valence-corrected chi connectivity index (χ3v) is 4.00. The van der Waals surface area contributed by atoms with E-state index in [0.717, 1.165) is 19.6 Å². The summed E-state index contributed by atoms with van der Waals surface area (Å²) in [5.74, 6) is 0. The maximum atomic E-state index is 5.42. The van der Waals surface area contributed by atoms with Gasteiger partial charge in [-0.25, -0.2) is 0 Å². The molecule has 0 amide bonds. The van der Waals surface area contributed by atoms with E-state index in [4.69, 9.17) is 4.74 Å². The van der Waals surface area contributed by atoms with E-state index >= 15 is 0 Å². The zero-order valence-corrected chi connectivity index (χ0v) is 11.9. The van der Waals surface area contributed by atoms with Crippen LogP contribution in [0.1, 0.15) is 46.5 Å². The summed E-state index contributed by atoms with van der Waals surface area (Å²) in [5, 5.41) is 3.75. The summed E-state index contributed by atoms with van der Waals surface area (Å²) in [5.41, 5.74) is 0.349. The molecule has 1 aliphatic heterocycles. The van der Waals surface area contributed by atoms with Crippen LogP contribution in [-0.2, 0) is 4.74 Å². The average Bonchev–Trinajstić information content (AvgIpc) is 2.58. The van der Waals surface area contributed by atoms with Crippen LogP contribution in [0.4, 0.5) is 0 Å². The molecule has 1 heterocycles. The van der Waals surface area contributed by atoms with Gasteiger partial charge in [0.25, 0.3) is 0 Å². The standard InChI is InChI=1S/C14H30N2O/c1-4-14(5-2)13-16(10-7-9-15-14)11-8-12-17-6-3/h15H,4-13H2,1-3H3. The van der Waals surface area contributed by atoms with Crippen LogP contribution in [0.15, 0.2) is 0 Å². The van der Waals surface area contributed by atoms with Crippen molar-refractivity contribution < 1.29 is 4.74 Å². The van der Waals surface area contributed by atoms with Crippen LogP contribution in [0, 0.1) is 0 Å². The third-order valence-electron chi connectivity index (χ3n) is 4.00. The van der Waals surface area contributed by atoms with E-state index in [-0.39, 0.29) is 0 Å². The molecule has 1 fully saturated rings. The van der Waals surface area contributed by atoms with E-state index in [2.05, 4.69) is 31.0 Å². The van der Waals surface area contributed by atoms with Gasteiger partial charge in [-0.2, -0.15) is 0 Å². The molecule has 0 aromatic rings. The van der Waals surface area contributed by atoms with Gasteiger partial charge in [-0.1, -0.05) is 13.8 Å². The van der Waals surface area contributed by atoms with Gasteiger partial charge >= 0.3 is 0 Å². The Hall–Kier alpha value is -0.120. The molecule has 0 unspecified atom stereocenters. The van der Waals surface area contributed by atoms with Crippen molar-refractivity contribution in [3.8, 4) is 0 Å². The van der Waals surface area contributed by atoms with Gasteiger partial charge in [0.2, 0.25) is 0 Å². The summed E-state index contributed by atoms with van der Waals surface area (Å²) in [4.78, 5) is 2.62. The third kappa shape index (κ3) is 4.94. The molecule has 0 atom stereocenters. The minimum Gasteiger partial charge on any atom is -0.382 e. The number of hydrogen-bond donors (Lipinski definition) is 1. The normalized spacial score (nSPS) is 21.4. The van der Waals surface area contributed by atoms with Crippen LogP contribution < -0.4 is 5.32 Å². The van der Waals surface area contributed by atoms with Crippen molar-refractivity contribution in [2.75, 3.05) is 39.4 Å². The molecule has 1 saturated heterocycles. The van der Waals surface area contributed by atoms with E-state index in [1.165, 1.54) is 45.4 Å². The van der Waals surface area contributed by atoms with Crippen molar-refractivity contribution in [2.45, 2.75) is 52.0 Å². The summed E-state index contributed by atoms with van der Waals surface area (Å²) >= 11 is 0. The molecule has 1 rings (SSSR count). The molecule has 0 radical (unpaired) electrons. The lowest BCUT2D eigenvalue weighted by molar-refractivity contribution is 0.125. The first-order valence-electron chi connectivity index (χ1n) is 7.31. The van der Waals surface area contributed by atoms with E-state index in [9.17, 15) is 0 Å². The quantitative estimate of drug-likeness (QED) is 0.693. The predicted molar refractivity (Wildman–Crippen MR) is 73.5 cm³/mol. The summed E-state index contributed by atoms with van der Waals surface area (Å²) in [6, 6.07) is 0. The molecule has 0 spiro atoms. The first-order valence-corrected chi connectivity index (χ1v) is 7.31. The fraction of sp³-hybridized carbons (Fsp3) is 1.00. The van der Waals surface area contributed by atoms with Gasteiger partial charge in [0.05, 0.1) is 0 Å². The Morgan fingerprint density at radius 1 is 1.24 bits per heavy atom. The minimum atomic E-state index is 0.349. The molecule has 102 valence electrons. The predicted octanol–water partition coefficient (Wildman–Crippen LogP) is 2.27. The number of nitrogens with one attached hydrogen (secondary N) is 1. The number of hydrogen-bond acceptors (Lipinski definition) is 3. The van der Waals surface area contributed by atoms with Crippen molar-refractivity contribution in [3.63, 3.8) is 0 Å². The zero-order chi connectivity index (χ0) is 12.6. The fourth-order valence-electron chi connectivity index (χ4n) is 2.67. The van der Waals surface area contributed by atoms with Gasteiger partial charge in [0.1, 0.15) is 0 Å². The molecule has 0 saturated carbocycles. The van der Waals surface area contributed by atoms with Crippen LogP contribution in [0.5, 0.6) is 0 Å². The van der Waals surface area contributed by atoms with Crippen LogP contribution in [0.2, 0.25) is 0 Å². The van der Waals surface area contributed by atoms with Gasteiger partial charge in [0, 0.05) is 31.8 Å². The monoisotopic (exact) mass is 242 g/mol. The van der Waals surface area contributed by atoms with Crippen molar-refractivity contribution in [1.82, 2.24) is 10.2 Å². The van der Waals surface area contributed by atoms with E-state index in [0.29, 0.717) is 5.54 Å². The van der Waals surface area contributed by atoms with Crippen molar-refractivity contribution in [3.05, 3.63) is 0 Å². The van der Waals surface area contributed by atoms with Crippen molar-refractivity contribution in [1.29, 1.82) is 0 Å². The second-order valence-corrected chi connectivity index (χ2v) is 5.09. The Labute approximate surface area is 107 Å². The highest BCUT2D eigenvalue weighted by Gasteiger charge is 2.29. The van der Waals surface area contributed by atoms with Gasteiger partial charge in [-0.15, -0.1) is 0 Å². The molecule has 1 N–H and O–H groups in total. The van der Waals surface area contributed by atoms with Gasteiger partial charge in [0.15, 0.2) is 0 Å². The molecule has 0 aromatic heterocycles. The molecule has 3 nitrogen and oxygen atoms in total. The Balaban J connectivity index is 2.37. The van der Waals surface area contributed by atoms with E-state index < -0.39 is 0 Å². The average molecular weight is 242 g/mol. The molecule has 3 heteroatoms. The Morgan fingerprint density at radius 2 is 2.00 bits per heavy atom. The lowest BCUT2D eigenvalue weighted by atomic mass is 9.92. The van der Waals surface area contributed by atoms with Gasteiger partial charge < -0.3 is 15.0 Å². The Morgan fingerprint density at radius 3 is 2.65 bits per heavy atom. The fourth-order valence-corrected chi connectivity index (χ4v) is 2.67. The van der Waals surface area contributed by atoms with Crippen LogP contribution in [0.3, 0.4) is 0 Å². The van der Waals surface area contributed by atoms with Crippen LogP contribution >= 0.6 is 0 Å². The lowest BCUT2D eigenvalue weighted by Crippen LogP contribution is -2.50. The maximum Gasteiger partial charge on any atom is 0.0478 e. The number of ether oxygens (including phenoxy) is 1. The molecule has 17 heavy (non-hydrogen) atoms. The molecule has 0 bridgehead atoms. The first kappa shape index (κ1) is 14.9. The van der Waals surface area contributed by atoms with E-state index in [1.807, 2.05) is 0 Å². The topological polar surface area (TPSA) is 24.5 Å². The maximum absolute atomic E-state index is 5.42. The summed E-state index contributed by atoms with van der Waals surface area (Å²) in [7, 11) is 0. The highest BCUT2D eigenvalue weighted by atomic mass is 16.5. The second kappa shape index (κ2) is 8.06. The summed E-state index contributed by atoms with van der Waals surface area (Å²) in [6.07, 6.45) is 4.89. The molecular weight excluding hydrogens is 212 g/mol. The van der Waals surface area contributed by atoms with E-state index in [1.54, 1.807) is 0 Å². The summed E-state index contributed by atoms with van der Waals surface area (Å²) < 4.78 is 5.42. The lowest BCUT2D eigenvalue weighted by Gasteiger charge is -2.35. The van der Waals surface area contributed by atoms with Crippen molar-refractivity contribution >= 4 is 0 Å². The largest absolute Gasteiger partial charge is 0.382 e. The number of nitrogens with zero attached hydrogens (tertiary/aromatic N) is 1.